The van der Waals surface area contributed by atoms with Crippen LogP contribution in [0.25, 0.3) is 0 Å². The Hall–Kier alpha value is -1.85. The average Bonchev–Trinajstić information content (AvgIpc) is 2.47. The van der Waals surface area contributed by atoms with E-state index in [1.165, 1.54) is 16.8 Å². The van der Waals surface area contributed by atoms with Crippen LogP contribution in [-0.4, -0.2) is 22.1 Å². The minimum Gasteiger partial charge on any atom is -0.466 e. The number of aromatic nitrogens is 2. The fraction of sp³-hybridized carbons (Fsp3) is 0.667. The molecule has 0 unspecified atom stereocenters. The molecule has 1 aromatic rings. The standard InChI is InChI=1S/C15H24N2O4/c1-2-14(19)21-12-8-6-4-3-5-7-11-17-13(18)9-10-16-15(17)20/h9-10H,2-8,11-12H2,1H3,(H,16,20). The number of unbranched alkanes of at least 4 members (excludes halogenated alkanes) is 5. The van der Waals surface area contributed by atoms with E-state index in [9.17, 15) is 14.4 Å². The maximum absolute atomic E-state index is 11.5. The molecule has 1 rings (SSSR count). The number of nitrogens with one attached hydrogen (secondary N) is 1. The van der Waals surface area contributed by atoms with Gasteiger partial charge in [0, 0.05) is 25.2 Å². The van der Waals surface area contributed by atoms with Gasteiger partial charge in [0.15, 0.2) is 0 Å². The van der Waals surface area contributed by atoms with E-state index in [1.54, 1.807) is 6.92 Å². The Morgan fingerprint density at radius 2 is 1.81 bits per heavy atom. The van der Waals surface area contributed by atoms with E-state index in [0.717, 1.165) is 38.5 Å². The summed E-state index contributed by atoms with van der Waals surface area (Å²) in [6, 6.07) is 1.36. The van der Waals surface area contributed by atoms with Gasteiger partial charge in [0.05, 0.1) is 6.61 Å². The number of nitrogens with zero attached hydrogens (tertiary/aromatic N) is 1. The lowest BCUT2D eigenvalue weighted by molar-refractivity contribution is -0.143. The van der Waals surface area contributed by atoms with Gasteiger partial charge in [-0.15, -0.1) is 0 Å². The molecule has 0 fully saturated rings. The summed E-state index contributed by atoms with van der Waals surface area (Å²) in [6.45, 7) is 2.75. The highest BCUT2D eigenvalue weighted by Crippen LogP contribution is 2.06. The molecule has 118 valence electrons. The van der Waals surface area contributed by atoms with Gasteiger partial charge in [-0.25, -0.2) is 4.79 Å². The van der Waals surface area contributed by atoms with E-state index in [2.05, 4.69) is 4.98 Å². The van der Waals surface area contributed by atoms with Crippen molar-refractivity contribution in [2.45, 2.75) is 58.4 Å². The molecular weight excluding hydrogens is 272 g/mol. The van der Waals surface area contributed by atoms with E-state index in [4.69, 9.17) is 4.74 Å². The number of hydrogen-bond acceptors (Lipinski definition) is 4. The Kier molecular flexibility index (Phi) is 8.16. The van der Waals surface area contributed by atoms with Gasteiger partial charge in [0.1, 0.15) is 0 Å². The highest BCUT2D eigenvalue weighted by molar-refractivity contribution is 5.68. The number of esters is 1. The van der Waals surface area contributed by atoms with Gasteiger partial charge in [-0.2, -0.15) is 0 Å². The molecule has 0 bridgehead atoms. The monoisotopic (exact) mass is 296 g/mol. The van der Waals surface area contributed by atoms with Gasteiger partial charge in [-0.05, 0) is 12.8 Å². The van der Waals surface area contributed by atoms with Crippen molar-refractivity contribution >= 4 is 5.97 Å². The van der Waals surface area contributed by atoms with E-state index in [-0.39, 0.29) is 17.2 Å². The molecule has 1 aromatic heterocycles. The maximum Gasteiger partial charge on any atom is 0.328 e. The van der Waals surface area contributed by atoms with Gasteiger partial charge in [0.25, 0.3) is 5.56 Å². The van der Waals surface area contributed by atoms with Gasteiger partial charge in [0.2, 0.25) is 0 Å². The lowest BCUT2D eigenvalue weighted by Crippen LogP contribution is -2.33. The third kappa shape index (κ3) is 6.92. The minimum absolute atomic E-state index is 0.145. The SMILES string of the molecule is CCC(=O)OCCCCCCCCn1c(=O)cc[nH]c1=O. The molecule has 6 heteroatoms. The third-order valence-electron chi connectivity index (χ3n) is 3.27. The second-order valence-corrected chi connectivity index (χ2v) is 4.97. The summed E-state index contributed by atoms with van der Waals surface area (Å²) < 4.78 is 6.21. The van der Waals surface area contributed by atoms with Crippen LogP contribution in [0.4, 0.5) is 0 Å². The van der Waals surface area contributed by atoms with Gasteiger partial charge in [-0.1, -0.05) is 32.6 Å². The Balaban J connectivity index is 2.04. The highest BCUT2D eigenvalue weighted by atomic mass is 16.5. The summed E-state index contributed by atoms with van der Waals surface area (Å²) >= 11 is 0. The van der Waals surface area contributed by atoms with Crippen molar-refractivity contribution in [3.8, 4) is 0 Å². The average molecular weight is 296 g/mol. The van der Waals surface area contributed by atoms with Crippen molar-refractivity contribution in [3.63, 3.8) is 0 Å². The van der Waals surface area contributed by atoms with Crippen molar-refractivity contribution < 1.29 is 9.53 Å². The van der Waals surface area contributed by atoms with E-state index in [0.29, 0.717) is 19.6 Å². The Morgan fingerprint density at radius 1 is 1.14 bits per heavy atom. The van der Waals surface area contributed by atoms with Crippen LogP contribution in [0.2, 0.25) is 0 Å². The molecule has 0 spiro atoms. The van der Waals surface area contributed by atoms with Gasteiger partial charge >= 0.3 is 11.7 Å². The van der Waals surface area contributed by atoms with Gasteiger partial charge in [-0.3, -0.25) is 14.2 Å². The molecular formula is C15H24N2O4. The quantitative estimate of drug-likeness (QED) is 0.527. The molecule has 0 saturated heterocycles. The predicted octanol–water partition coefficient (Wildman–Crippen LogP) is 1.83. The number of ether oxygens (including phenoxy) is 1. The Bertz CT molecular complexity index is 505. The normalized spacial score (nSPS) is 10.5. The first-order valence-electron chi connectivity index (χ1n) is 7.59. The molecule has 1 N–H and O–H groups in total. The van der Waals surface area contributed by atoms with Crippen LogP contribution in [-0.2, 0) is 16.1 Å². The number of aromatic amines is 1. The zero-order valence-electron chi connectivity index (χ0n) is 12.6. The van der Waals surface area contributed by atoms with Crippen LogP contribution in [0.15, 0.2) is 21.9 Å². The zero-order chi connectivity index (χ0) is 15.5. The van der Waals surface area contributed by atoms with E-state index < -0.39 is 0 Å². The molecule has 0 aliphatic rings. The lowest BCUT2D eigenvalue weighted by atomic mass is 10.1. The second kappa shape index (κ2) is 9.96. The van der Waals surface area contributed by atoms with Gasteiger partial charge < -0.3 is 9.72 Å². The number of rotatable bonds is 10. The summed E-state index contributed by atoms with van der Waals surface area (Å²) in [7, 11) is 0. The Morgan fingerprint density at radius 3 is 2.48 bits per heavy atom. The second-order valence-electron chi connectivity index (χ2n) is 4.97. The molecule has 21 heavy (non-hydrogen) atoms. The van der Waals surface area contributed by atoms with Crippen LogP contribution in [0, 0.1) is 0 Å². The summed E-state index contributed by atoms with van der Waals surface area (Å²) in [5, 5.41) is 0. The van der Waals surface area contributed by atoms with Crippen LogP contribution >= 0.6 is 0 Å². The topological polar surface area (TPSA) is 81.2 Å². The van der Waals surface area contributed by atoms with E-state index in [1.807, 2.05) is 0 Å². The first-order chi connectivity index (χ1) is 10.1. The number of carbonyl (C=O) groups excluding carboxylic acids is 1. The lowest BCUT2D eigenvalue weighted by Gasteiger charge is -2.05. The molecule has 0 aliphatic carbocycles. The van der Waals surface area contributed by atoms with Crippen molar-refractivity contribution in [2.24, 2.45) is 0 Å². The predicted molar refractivity (Wildman–Crippen MR) is 80.3 cm³/mol. The fourth-order valence-corrected chi connectivity index (χ4v) is 2.03. The minimum atomic E-state index is -0.347. The van der Waals surface area contributed by atoms with Crippen LogP contribution in [0.5, 0.6) is 0 Å². The highest BCUT2D eigenvalue weighted by Gasteiger charge is 2.00. The number of H-pyrrole nitrogens is 1. The van der Waals surface area contributed by atoms with Crippen molar-refractivity contribution in [3.05, 3.63) is 33.1 Å². The zero-order valence-corrected chi connectivity index (χ0v) is 12.6. The van der Waals surface area contributed by atoms with Crippen LogP contribution < -0.4 is 11.2 Å². The first-order valence-corrected chi connectivity index (χ1v) is 7.59. The molecule has 0 saturated carbocycles. The molecule has 0 aromatic carbocycles. The third-order valence-corrected chi connectivity index (χ3v) is 3.27. The molecule has 0 atom stereocenters. The smallest absolute Gasteiger partial charge is 0.328 e. The summed E-state index contributed by atoms with van der Waals surface area (Å²) in [6.07, 6.45) is 7.65. The number of carbonyl (C=O) groups is 1. The Labute approximate surface area is 124 Å². The maximum atomic E-state index is 11.5. The molecule has 0 aliphatic heterocycles. The fourth-order valence-electron chi connectivity index (χ4n) is 2.03. The van der Waals surface area contributed by atoms with Crippen LogP contribution in [0.3, 0.4) is 0 Å². The van der Waals surface area contributed by atoms with E-state index >= 15 is 0 Å². The summed E-state index contributed by atoms with van der Waals surface area (Å²) in [4.78, 5) is 36.3. The van der Waals surface area contributed by atoms with Crippen molar-refractivity contribution in [2.75, 3.05) is 6.61 Å². The van der Waals surface area contributed by atoms with Crippen LogP contribution in [0.1, 0.15) is 51.9 Å². The first kappa shape index (κ1) is 17.2. The molecule has 1 heterocycles. The largest absolute Gasteiger partial charge is 0.466 e. The molecule has 6 nitrogen and oxygen atoms in total. The molecule has 0 radical (unpaired) electrons. The molecule has 0 amide bonds. The van der Waals surface area contributed by atoms with Crippen molar-refractivity contribution in [1.29, 1.82) is 0 Å². The number of hydrogen-bond donors (Lipinski definition) is 1. The van der Waals surface area contributed by atoms with Crippen molar-refractivity contribution in [1.82, 2.24) is 9.55 Å². The summed E-state index contributed by atoms with van der Waals surface area (Å²) in [5.74, 6) is -0.145. The summed E-state index contributed by atoms with van der Waals surface area (Å²) in [5.41, 5.74) is -0.600.